The number of nitrogens with zero attached hydrogens (tertiary/aromatic N) is 1. The number of fused-ring (bicyclic) bond motifs is 1. The monoisotopic (exact) mass is 475 g/mol. The van der Waals surface area contributed by atoms with E-state index in [0.29, 0.717) is 38.4 Å². The van der Waals surface area contributed by atoms with Gasteiger partial charge in [0.25, 0.3) is 11.8 Å². The average Bonchev–Trinajstić information content (AvgIpc) is 3.09. The van der Waals surface area contributed by atoms with Gasteiger partial charge in [-0.1, -0.05) is 12.1 Å². The molecule has 1 fully saturated rings. The molecule has 4 rings (SSSR count). The number of nitrogens with one attached hydrogen (secondary N) is 2. The summed E-state index contributed by atoms with van der Waals surface area (Å²) in [7, 11) is 0. The van der Waals surface area contributed by atoms with Crippen LogP contribution >= 0.6 is 0 Å². The van der Waals surface area contributed by atoms with Crippen molar-refractivity contribution in [3.05, 3.63) is 58.7 Å². The number of amides is 4. The van der Waals surface area contributed by atoms with Crippen molar-refractivity contribution in [1.82, 2.24) is 15.5 Å². The van der Waals surface area contributed by atoms with E-state index in [9.17, 15) is 28.0 Å². The fourth-order valence-corrected chi connectivity index (χ4v) is 3.77. The zero-order valence-electron chi connectivity index (χ0n) is 18.2. The highest BCUT2D eigenvalue weighted by atomic mass is 19.3. The number of hydrogen-bond acceptors (Lipinski definition) is 6. The molecular formula is C23H23F2N3O6. The van der Waals surface area contributed by atoms with E-state index in [1.807, 2.05) is 6.07 Å². The summed E-state index contributed by atoms with van der Waals surface area (Å²) in [6.07, 6.45) is 1.21. The smallest absolute Gasteiger partial charge is 0.274 e. The van der Waals surface area contributed by atoms with Crippen molar-refractivity contribution in [3.63, 3.8) is 0 Å². The topological polar surface area (TPSA) is 136 Å². The largest absolute Gasteiger partial charge is 0.508 e. The Bertz CT molecular complexity index is 1130. The molecule has 4 amide bonds. The Morgan fingerprint density at radius 2 is 1.91 bits per heavy atom. The second kappa shape index (κ2) is 9.86. The lowest BCUT2D eigenvalue weighted by Crippen LogP contribution is -2.52. The van der Waals surface area contributed by atoms with E-state index in [2.05, 4.69) is 10.6 Å². The highest BCUT2D eigenvalue weighted by Crippen LogP contribution is 2.35. The Hall–Kier alpha value is -4.02. The van der Waals surface area contributed by atoms with E-state index < -0.39 is 29.2 Å². The first-order valence-electron chi connectivity index (χ1n) is 10.3. The summed E-state index contributed by atoms with van der Waals surface area (Å²) >= 11 is 0. The van der Waals surface area contributed by atoms with Crippen molar-refractivity contribution in [2.24, 2.45) is 0 Å². The van der Waals surface area contributed by atoms with Crippen LogP contribution in [0.4, 0.5) is 8.78 Å². The van der Waals surface area contributed by atoms with Crippen LogP contribution in [0.15, 0.2) is 36.4 Å². The van der Waals surface area contributed by atoms with E-state index in [0.717, 1.165) is 29.3 Å². The van der Waals surface area contributed by atoms with Crippen LogP contribution in [0.25, 0.3) is 0 Å². The summed E-state index contributed by atoms with van der Waals surface area (Å²) in [5, 5.41) is 22.7. The molecule has 0 saturated carbocycles. The van der Waals surface area contributed by atoms with E-state index in [1.165, 1.54) is 4.90 Å². The third-order valence-electron chi connectivity index (χ3n) is 5.43. The number of piperidine rings is 1. The molecule has 1 saturated heterocycles. The molecule has 0 aromatic heterocycles. The summed E-state index contributed by atoms with van der Waals surface area (Å²) in [4.78, 5) is 47.4. The minimum absolute atomic E-state index is 0.195. The highest BCUT2D eigenvalue weighted by Gasteiger charge is 2.39. The van der Waals surface area contributed by atoms with Gasteiger partial charge in [0.2, 0.25) is 18.2 Å². The zero-order chi connectivity index (χ0) is 25.0. The van der Waals surface area contributed by atoms with Crippen molar-refractivity contribution in [1.29, 1.82) is 0 Å². The van der Waals surface area contributed by atoms with Crippen molar-refractivity contribution in [2.45, 2.75) is 44.8 Å². The number of aromatic hydroxyl groups is 2. The fraction of sp³-hybridized carbons (Fsp3) is 0.304. The molecule has 0 bridgehead atoms. The second-order valence-corrected chi connectivity index (χ2v) is 7.98. The van der Waals surface area contributed by atoms with Crippen LogP contribution in [0.5, 0.6) is 11.5 Å². The summed E-state index contributed by atoms with van der Waals surface area (Å²) < 4.78 is 25.2. The van der Waals surface area contributed by atoms with Gasteiger partial charge in [0.1, 0.15) is 17.5 Å². The number of imide groups is 1. The van der Waals surface area contributed by atoms with Gasteiger partial charge in [-0.3, -0.25) is 24.5 Å². The van der Waals surface area contributed by atoms with Gasteiger partial charge in [0, 0.05) is 32.0 Å². The zero-order valence-corrected chi connectivity index (χ0v) is 18.2. The molecule has 34 heavy (non-hydrogen) atoms. The maximum Gasteiger partial charge on any atom is 0.274 e. The van der Waals surface area contributed by atoms with Crippen LogP contribution in [0, 0.1) is 0 Å². The molecule has 2 aliphatic rings. The number of carbonyl (C=O) groups is 4. The first-order chi connectivity index (χ1) is 16.0. The van der Waals surface area contributed by atoms with Gasteiger partial charge in [-0.25, -0.2) is 8.78 Å². The minimum Gasteiger partial charge on any atom is -0.508 e. The van der Waals surface area contributed by atoms with Crippen LogP contribution in [0.2, 0.25) is 0 Å². The molecule has 2 aliphatic heterocycles. The van der Waals surface area contributed by atoms with Gasteiger partial charge in [0.05, 0.1) is 5.56 Å². The molecule has 1 unspecified atom stereocenters. The SMILES string of the molecule is CC(F)(F)c1cc(O)ccc1O.O=CNCc1ccc2c(c1)CN(C1CCC(=O)NC1=O)C2=O. The molecule has 4 N–H and O–H groups in total. The highest BCUT2D eigenvalue weighted by molar-refractivity contribution is 6.05. The van der Waals surface area contributed by atoms with Gasteiger partial charge in [-0.2, -0.15) is 0 Å². The molecule has 0 spiro atoms. The lowest BCUT2D eigenvalue weighted by atomic mass is 10.0. The van der Waals surface area contributed by atoms with Crippen LogP contribution in [0.3, 0.4) is 0 Å². The Labute approximate surface area is 193 Å². The molecule has 11 heteroatoms. The first kappa shape index (κ1) is 24.6. The maximum absolute atomic E-state index is 12.6. The van der Waals surface area contributed by atoms with Crippen LogP contribution in [-0.4, -0.2) is 45.3 Å². The minimum atomic E-state index is -3.14. The molecule has 2 aromatic rings. The summed E-state index contributed by atoms with van der Waals surface area (Å²) in [6.45, 7) is 1.39. The molecule has 9 nitrogen and oxygen atoms in total. The molecule has 180 valence electrons. The number of carbonyl (C=O) groups excluding carboxylic acids is 4. The number of halogens is 2. The van der Waals surface area contributed by atoms with Gasteiger partial charge >= 0.3 is 0 Å². The number of hydrogen-bond donors (Lipinski definition) is 4. The van der Waals surface area contributed by atoms with Crippen molar-refractivity contribution in [3.8, 4) is 11.5 Å². The van der Waals surface area contributed by atoms with Crippen LogP contribution < -0.4 is 10.6 Å². The Balaban J connectivity index is 0.000000229. The van der Waals surface area contributed by atoms with Crippen molar-refractivity contribution >= 4 is 24.1 Å². The quantitative estimate of drug-likeness (QED) is 0.296. The van der Waals surface area contributed by atoms with Gasteiger partial charge in [-0.15, -0.1) is 0 Å². The van der Waals surface area contributed by atoms with E-state index in [1.54, 1.807) is 12.1 Å². The van der Waals surface area contributed by atoms with Crippen LogP contribution in [0.1, 0.15) is 46.8 Å². The number of rotatable bonds is 5. The number of phenolic OH excluding ortho intramolecular Hbond substituents is 2. The van der Waals surface area contributed by atoms with E-state index >= 15 is 0 Å². The number of alkyl halides is 2. The number of phenols is 2. The maximum atomic E-state index is 12.6. The molecule has 2 aromatic carbocycles. The van der Waals surface area contributed by atoms with E-state index in [-0.39, 0.29) is 24.0 Å². The van der Waals surface area contributed by atoms with E-state index in [4.69, 9.17) is 10.2 Å². The Morgan fingerprint density at radius 1 is 1.18 bits per heavy atom. The lowest BCUT2D eigenvalue weighted by molar-refractivity contribution is -0.137. The molecule has 0 radical (unpaired) electrons. The molecule has 2 heterocycles. The predicted molar refractivity (Wildman–Crippen MR) is 115 cm³/mol. The van der Waals surface area contributed by atoms with Crippen LogP contribution in [-0.2, 0) is 33.4 Å². The second-order valence-electron chi connectivity index (χ2n) is 7.98. The third-order valence-corrected chi connectivity index (χ3v) is 5.43. The van der Waals surface area contributed by atoms with Gasteiger partial charge in [-0.05, 0) is 41.8 Å². The fourth-order valence-electron chi connectivity index (χ4n) is 3.77. The average molecular weight is 475 g/mol. The standard InChI is InChI=1S/C15H15N3O4.C8H8F2O2/c19-8-16-6-9-1-2-11-10(5-9)7-18(15(11)22)12-3-4-13(20)17-14(12)21;1-8(9,10)6-4-5(11)2-3-7(6)12/h1-2,5,8,12H,3-4,6-7H2,(H,16,19)(H,17,20,21);2-4,11-12H,1H3. The van der Waals surface area contributed by atoms with Gasteiger partial charge in [0.15, 0.2) is 0 Å². The normalized spacial score (nSPS) is 17.4. The summed E-state index contributed by atoms with van der Waals surface area (Å²) in [5.74, 6) is -4.85. The van der Waals surface area contributed by atoms with Gasteiger partial charge < -0.3 is 20.4 Å². The first-order valence-corrected chi connectivity index (χ1v) is 10.3. The Morgan fingerprint density at radius 3 is 2.53 bits per heavy atom. The molecule has 0 aliphatic carbocycles. The number of benzene rings is 2. The molecule has 1 atom stereocenters. The Kier molecular flexibility index (Phi) is 7.14. The summed E-state index contributed by atoms with van der Waals surface area (Å²) in [5.41, 5.74) is 1.73. The third kappa shape index (κ3) is 5.48. The van der Waals surface area contributed by atoms with Crippen molar-refractivity contribution in [2.75, 3.05) is 0 Å². The summed E-state index contributed by atoms with van der Waals surface area (Å²) in [6, 6.07) is 7.76. The lowest BCUT2D eigenvalue weighted by Gasteiger charge is -2.29. The van der Waals surface area contributed by atoms with Crippen molar-refractivity contribution < 1.29 is 38.2 Å². The predicted octanol–water partition coefficient (Wildman–Crippen LogP) is 1.90. The molecular weight excluding hydrogens is 452 g/mol.